The molecule has 0 saturated heterocycles. The average molecular weight is 697 g/mol. The van der Waals surface area contributed by atoms with E-state index in [0.717, 1.165) is 36.0 Å². The Morgan fingerprint density at radius 1 is 0.860 bits per heavy atom. The van der Waals surface area contributed by atoms with Crippen molar-refractivity contribution >= 4 is 14.1 Å². The molecular formula is C41H49N2O6P. The number of nitriles is 1. The lowest BCUT2D eigenvalue weighted by molar-refractivity contribution is 0.0308. The van der Waals surface area contributed by atoms with Crippen LogP contribution in [0.3, 0.4) is 0 Å². The van der Waals surface area contributed by atoms with Crippen molar-refractivity contribution in [2.24, 2.45) is 0 Å². The number of aryl methyl sites for hydroxylation is 2. The van der Waals surface area contributed by atoms with Crippen LogP contribution < -0.4 is 10.1 Å². The van der Waals surface area contributed by atoms with Crippen molar-refractivity contribution in [3.8, 4) is 11.8 Å². The Balaban J connectivity index is 1.45. The van der Waals surface area contributed by atoms with Gasteiger partial charge < -0.3 is 24.4 Å². The molecule has 0 spiro atoms. The summed E-state index contributed by atoms with van der Waals surface area (Å²) in [5.41, 5.74) is 1.94. The van der Waals surface area contributed by atoms with Gasteiger partial charge in [-0.1, -0.05) is 97.1 Å². The van der Waals surface area contributed by atoms with E-state index in [4.69, 9.17) is 14.0 Å². The number of carbonyl (C=O) groups is 1. The van der Waals surface area contributed by atoms with Gasteiger partial charge in [-0.3, -0.25) is 4.57 Å². The van der Waals surface area contributed by atoms with Gasteiger partial charge >= 0.3 is 6.09 Å². The molecule has 2 N–H and O–H groups in total. The number of alkyl carbamates (subject to hydrolysis) is 1. The number of amides is 1. The second-order valence-corrected chi connectivity index (χ2v) is 15.2. The molecule has 0 aromatic heterocycles. The summed E-state index contributed by atoms with van der Waals surface area (Å²) in [5.74, 6) is 0.517. The maximum Gasteiger partial charge on any atom is 0.408 e. The quantitative estimate of drug-likeness (QED) is 0.0790. The van der Waals surface area contributed by atoms with E-state index in [1.165, 1.54) is 5.56 Å². The van der Waals surface area contributed by atoms with Crippen LogP contribution in [0.2, 0.25) is 0 Å². The van der Waals surface area contributed by atoms with E-state index >= 15 is 0 Å². The summed E-state index contributed by atoms with van der Waals surface area (Å²) in [4.78, 5) is 13.0. The Bertz CT molecular complexity index is 1690. The third-order valence-electron chi connectivity index (χ3n) is 8.35. The molecule has 0 heterocycles. The number of nitrogens with one attached hydrogen (secondary N) is 1. The summed E-state index contributed by atoms with van der Waals surface area (Å²) >= 11 is 0. The second kappa shape index (κ2) is 19.1. The Morgan fingerprint density at radius 2 is 1.50 bits per heavy atom. The minimum atomic E-state index is -2.73. The molecule has 264 valence electrons. The molecule has 3 unspecified atom stereocenters. The highest BCUT2D eigenvalue weighted by Crippen LogP contribution is 2.45. The minimum absolute atomic E-state index is 0.200. The maximum absolute atomic E-state index is 13.9. The summed E-state index contributed by atoms with van der Waals surface area (Å²) in [7, 11) is -2.73. The van der Waals surface area contributed by atoms with Crippen LogP contribution in [-0.2, 0) is 33.1 Å². The summed E-state index contributed by atoms with van der Waals surface area (Å²) in [6, 6.07) is 37.4. The second-order valence-electron chi connectivity index (χ2n) is 13.6. The number of ether oxygens (including phenoxy) is 2. The Kier molecular flexibility index (Phi) is 14.7. The number of aliphatic hydroxyl groups is 1. The number of unbranched alkanes of at least 4 members (excludes halogenated alkanes) is 1. The number of benzene rings is 4. The van der Waals surface area contributed by atoms with Crippen LogP contribution in [0, 0.1) is 11.3 Å². The molecule has 1 amide bonds. The maximum atomic E-state index is 13.9. The molecule has 0 bridgehead atoms. The topological polar surface area (TPSA) is 118 Å². The van der Waals surface area contributed by atoms with Crippen LogP contribution >= 0.6 is 8.03 Å². The first kappa shape index (κ1) is 38.4. The zero-order chi connectivity index (χ0) is 35.8. The summed E-state index contributed by atoms with van der Waals surface area (Å²) < 4.78 is 31.5. The van der Waals surface area contributed by atoms with Crippen molar-refractivity contribution in [3.63, 3.8) is 0 Å². The zero-order valence-electron chi connectivity index (χ0n) is 29.3. The van der Waals surface area contributed by atoms with E-state index in [2.05, 4.69) is 23.5 Å². The molecule has 4 aromatic rings. The molecule has 8 nitrogen and oxygen atoms in total. The lowest BCUT2D eigenvalue weighted by Gasteiger charge is -2.34. The SMILES string of the molecule is CC(C)(C)OC(=O)NC(CO)(CCc1ccc(OCCCCc2ccccc2)c(C#N)c1)CO[PH](=O)C(Cc1ccccc1)c1ccccc1. The molecule has 0 aliphatic rings. The van der Waals surface area contributed by atoms with Gasteiger partial charge in [0.25, 0.3) is 0 Å². The fourth-order valence-corrected chi connectivity index (χ4v) is 7.11. The predicted molar refractivity (Wildman–Crippen MR) is 198 cm³/mol. The zero-order valence-corrected chi connectivity index (χ0v) is 30.3. The first-order valence-corrected chi connectivity index (χ1v) is 18.6. The van der Waals surface area contributed by atoms with Crippen molar-refractivity contribution in [2.75, 3.05) is 19.8 Å². The molecule has 4 aromatic carbocycles. The minimum Gasteiger partial charge on any atom is -0.492 e. The third kappa shape index (κ3) is 12.5. The lowest BCUT2D eigenvalue weighted by Crippen LogP contribution is -2.55. The predicted octanol–water partition coefficient (Wildman–Crippen LogP) is 8.62. The van der Waals surface area contributed by atoms with Crippen LogP contribution in [0.5, 0.6) is 5.75 Å². The van der Waals surface area contributed by atoms with Crippen LogP contribution in [0.25, 0.3) is 0 Å². The molecule has 0 radical (unpaired) electrons. The Morgan fingerprint density at radius 3 is 2.12 bits per heavy atom. The van der Waals surface area contributed by atoms with E-state index in [1.54, 1.807) is 32.9 Å². The molecule has 9 heteroatoms. The van der Waals surface area contributed by atoms with Gasteiger partial charge in [-0.05, 0) is 93.7 Å². The van der Waals surface area contributed by atoms with Crippen molar-refractivity contribution in [2.45, 2.75) is 76.1 Å². The van der Waals surface area contributed by atoms with Gasteiger partial charge in [0.15, 0.2) is 8.03 Å². The van der Waals surface area contributed by atoms with Gasteiger partial charge in [0.1, 0.15) is 17.4 Å². The van der Waals surface area contributed by atoms with Gasteiger partial charge in [-0.25, -0.2) is 4.79 Å². The molecular weight excluding hydrogens is 647 g/mol. The fraction of sp³-hybridized carbons (Fsp3) is 0.366. The number of hydrogen-bond acceptors (Lipinski definition) is 7. The third-order valence-corrected chi connectivity index (χ3v) is 9.88. The van der Waals surface area contributed by atoms with E-state index in [1.807, 2.05) is 84.9 Å². The van der Waals surface area contributed by atoms with E-state index < -0.39 is 37.5 Å². The van der Waals surface area contributed by atoms with Gasteiger partial charge in [0.2, 0.25) is 0 Å². The average Bonchev–Trinajstić information content (AvgIpc) is 3.12. The van der Waals surface area contributed by atoms with Gasteiger partial charge in [0, 0.05) is 0 Å². The largest absolute Gasteiger partial charge is 0.492 e. The standard InChI is InChI=1S/C41H49N2O6P/c1-40(2,3)49-39(45)43-41(30-44,31-48-50(46)38(35-20-11-6-12-21-35)28-33-18-9-5-10-19-33)25-24-34-22-23-37(36(27-34)29-42)47-26-14-13-17-32-15-7-4-8-16-32/h4-12,15-16,18-23,27,38,44,50H,13-14,17,24-26,28,30-31H2,1-3H3,(H,43,45). The summed E-state index contributed by atoms with van der Waals surface area (Å²) in [6.07, 6.45) is 3.22. The normalized spacial score (nSPS) is 13.7. The van der Waals surface area contributed by atoms with E-state index in [0.29, 0.717) is 30.8 Å². The van der Waals surface area contributed by atoms with Crippen LogP contribution in [0.1, 0.15) is 73.5 Å². The Labute approximate surface area is 297 Å². The van der Waals surface area contributed by atoms with Gasteiger partial charge in [0.05, 0.1) is 36.6 Å². The molecule has 0 aliphatic carbocycles. The molecule has 50 heavy (non-hydrogen) atoms. The smallest absolute Gasteiger partial charge is 0.408 e. The number of hydrogen-bond donors (Lipinski definition) is 2. The van der Waals surface area contributed by atoms with Crippen molar-refractivity contribution in [1.29, 1.82) is 5.26 Å². The molecule has 4 rings (SSSR count). The highest BCUT2D eigenvalue weighted by atomic mass is 31.1. The summed E-state index contributed by atoms with van der Waals surface area (Å²) in [6.45, 7) is 5.09. The van der Waals surface area contributed by atoms with Gasteiger partial charge in [-0.15, -0.1) is 0 Å². The first-order valence-electron chi connectivity index (χ1n) is 17.2. The van der Waals surface area contributed by atoms with Crippen molar-refractivity contribution in [1.82, 2.24) is 5.32 Å². The molecule has 0 saturated carbocycles. The highest BCUT2D eigenvalue weighted by Gasteiger charge is 2.35. The fourth-order valence-electron chi connectivity index (χ4n) is 5.62. The van der Waals surface area contributed by atoms with Crippen LogP contribution in [0.4, 0.5) is 4.79 Å². The first-order chi connectivity index (χ1) is 24.1. The van der Waals surface area contributed by atoms with Crippen LogP contribution in [-0.4, -0.2) is 42.2 Å². The molecule has 0 aliphatic heterocycles. The van der Waals surface area contributed by atoms with Gasteiger partial charge in [-0.2, -0.15) is 5.26 Å². The van der Waals surface area contributed by atoms with E-state index in [-0.39, 0.29) is 13.0 Å². The highest BCUT2D eigenvalue weighted by molar-refractivity contribution is 7.39. The number of aliphatic hydroxyl groups excluding tert-OH is 1. The number of nitrogens with zero attached hydrogens (tertiary/aromatic N) is 1. The van der Waals surface area contributed by atoms with Crippen molar-refractivity contribution < 1.29 is 28.5 Å². The van der Waals surface area contributed by atoms with Crippen molar-refractivity contribution in [3.05, 3.63) is 137 Å². The summed E-state index contributed by atoms with van der Waals surface area (Å²) in [5, 5.41) is 23.5. The number of rotatable bonds is 18. The molecule has 0 fully saturated rings. The van der Waals surface area contributed by atoms with E-state index in [9.17, 15) is 19.7 Å². The number of carbonyl (C=O) groups excluding carboxylic acids is 1. The molecule has 3 atom stereocenters. The monoisotopic (exact) mass is 696 g/mol. The van der Waals surface area contributed by atoms with Crippen LogP contribution in [0.15, 0.2) is 109 Å². The lowest BCUT2D eigenvalue weighted by atomic mass is 9.92. The Hall–Kier alpha value is -4.41.